The Morgan fingerprint density at radius 2 is 1.67 bits per heavy atom. The van der Waals surface area contributed by atoms with Gasteiger partial charge in [-0.05, 0) is 48.6 Å². The van der Waals surface area contributed by atoms with Gasteiger partial charge in [0, 0.05) is 6.54 Å². The van der Waals surface area contributed by atoms with Gasteiger partial charge in [0.2, 0.25) is 0 Å². The summed E-state index contributed by atoms with van der Waals surface area (Å²) < 4.78 is 0. The highest BCUT2D eigenvalue weighted by atomic mass is 16.2. The fourth-order valence-electron chi connectivity index (χ4n) is 4.35. The van der Waals surface area contributed by atoms with Gasteiger partial charge in [0.25, 0.3) is 11.8 Å². The molecule has 112 valence electrons. The third-order valence-corrected chi connectivity index (χ3v) is 4.80. The summed E-state index contributed by atoms with van der Waals surface area (Å²) in [4.78, 5) is 26.3. The molecule has 0 saturated heterocycles. The standard InChI is InChI=1S/C18H23NO2/c1-12-8-13(10-18(2,3)9-12)11-19-16(20)14-6-4-5-7-15(14)17(19)21/h4-7,12-13H,8-11H2,1-3H3. The topological polar surface area (TPSA) is 37.4 Å². The van der Waals surface area contributed by atoms with Crippen LogP contribution in [0.25, 0.3) is 0 Å². The molecule has 1 saturated carbocycles. The van der Waals surface area contributed by atoms with Gasteiger partial charge < -0.3 is 0 Å². The molecule has 3 heteroatoms. The summed E-state index contributed by atoms with van der Waals surface area (Å²) in [6, 6.07) is 7.14. The Kier molecular flexibility index (Phi) is 3.39. The normalized spacial score (nSPS) is 27.9. The van der Waals surface area contributed by atoms with E-state index < -0.39 is 0 Å². The summed E-state index contributed by atoms with van der Waals surface area (Å²) in [5.41, 5.74) is 1.43. The number of amides is 2. The molecular weight excluding hydrogens is 262 g/mol. The van der Waals surface area contributed by atoms with E-state index in [0.29, 0.717) is 34.9 Å². The lowest BCUT2D eigenvalue weighted by atomic mass is 9.68. The highest BCUT2D eigenvalue weighted by Gasteiger charge is 2.39. The van der Waals surface area contributed by atoms with Crippen LogP contribution in [-0.2, 0) is 0 Å². The van der Waals surface area contributed by atoms with Crippen molar-refractivity contribution >= 4 is 11.8 Å². The van der Waals surface area contributed by atoms with Gasteiger partial charge in [-0.1, -0.05) is 32.9 Å². The van der Waals surface area contributed by atoms with Crippen molar-refractivity contribution in [2.24, 2.45) is 17.3 Å². The Bertz CT molecular complexity index is 556. The molecule has 0 N–H and O–H groups in total. The van der Waals surface area contributed by atoms with Gasteiger partial charge in [0.05, 0.1) is 11.1 Å². The Balaban J connectivity index is 1.78. The number of carbonyl (C=O) groups excluding carboxylic acids is 2. The number of imide groups is 1. The van der Waals surface area contributed by atoms with Crippen LogP contribution in [0.2, 0.25) is 0 Å². The lowest BCUT2D eigenvalue weighted by molar-refractivity contribution is 0.0548. The molecule has 1 aromatic rings. The van der Waals surface area contributed by atoms with Gasteiger partial charge in [-0.25, -0.2) is 0 Å². The lowest BCUT2D eigenvalue weighted by Crippen LogP contribution is -2.39. The quantitative estimate of drug-likeness (QED) is 0.776. The van der Waals surface area contributed by atoms with Gasteiger partial charge >= 0.3 is 0 Å². The molecule has 1 heterocycles. The summed E-state index contributed by atoms with van der Waals surface area (Å²) in [5.74, 6) is 0.846. The number of rotatable bonds is 2. The van der Waals surface area contributed by atoms with Crippen molar-refractivity contribution in [1.82, 2.24) is 4.90 Å². The molecule has 1 aliphatic carbocycles. The third-order valence-electron chi connectivity index (χ3n) is 4.80. The van der Waals surface area contributed by atoms with Gasteiger partial charge in [0.1, 0.15) is 0 Å². The molecule has 0 radical (unpaired) electrons. The van der Waals surface area contributed by atoms with E-state index in [1.165, 1.54) is 11.3 Å². The smallest absolute Gasteiger partial charge is 0.261 e. The van der Waals surface area contributed by atoms with Crippen molar-refractivity contribution in [2.45, 2.75) is 40.0 Å². The largest absolute Gasteiger partial charge is 0.274 e. The summed E-state index contributed by atoms with van der Waals surface area (Å²) in [5, 5.41) is 0. The maximum atomic E-state index is 12.4. The number of benzene rings is 1. The van der Waals surface area contributed by atoms with E-state index in [-0.39, 0.29) is 11.8 Å². The molecule has 1 aromatic carbocycles. The zero-order chi connectivity index (χ0) is 15.2. The van der Waals surface area contributed by atoms with Crippen LogP contribution >= 0.6 is 0 Å². The second-order valence-electron chi connectivity index (χ2n) is 7.55. The second-order valence-corrected chi connectivity index (χ2v) is 7.55. The molecule has 21 heavy (non-hydrogen) atoms. The van der Waals surface area contributed by atoms with Crippen molar-refractivity contribution < 1.29 is 9.59 Å². The predicted molar refractivity (Wildman–Crippen MR) is 82.1 cm³/mol. The summed E-state index contributed by atoms with van der Waals surface area (Å²) in [6.45, 7) is 7.42. The first-order valence-corrected chi connectivity index (χ1v) is 7.82. The molecule has 0 spiro atoms. The first kappa shape index (κ1) is 14.3. The number of carbonyl (C=O) groups is 2. The maximum Gasteiger partial charge on any atom is 0.261 e. The number of hydrogen-bond donors (Lipinski definition) is 0. The van der Waals surface area contributed by atoms with Crippen LogP contribution < -0.4 is 0 Å². The van der Waals surface area contributed by atoms with E-state index in [2.05, 4.69) is 20.8 Å². The zero-order valence-corrected chi connectivity index (χ0v) is 13.1. The molecule has 2 unspecified atom stereocenters. The fourth-order valence-corrected chi connectivity index (χ4v) is 4.35. The van der Waals surface area contributed by atoms with E-state index in [1.807, 2.05) is 12.1 Å². The minimum absolute atomic E-state index is 0.119. The molecule has 2 aliphatic rings. The maximum absolute atomic E-state index is 12.4. The average Bonchev–Trinajstić information content (AvgIpc) is 2.62. The van der Waals surface area contributed by atoms with Crippen LogP contribution in [-0.4, -0.2) is 23.3 Å². The van der Waals surface area contributed by atoms with Gasteiger partial charge in [-0.3, -0.25) is 14.5 Å². The molecule has 2 amide bonds. The molecule has 1 fully saturated rings. The third kappa shape index (κ3) is 2.61. The summed E-state index contributed by atoms with van der Waals surface area (Å²) in [7, 11) is 0. The first-order valence-electron chi connectivity index (χ1n) is 7.82. The van der Waals surface area contributed by atoms with Crippen molar-refractivity contribution in [2.75, 3.05) is 6.54 Å². The van der Waals surface area contributed by atoms with Crippen molar-refractivity contribution in [3.8, 4) is 0 Å². The van der Waals surface area contributed by atoms with E-state index in [0.717, 1.165) is 12.8 Å². The van der Waals surface area contributed by atoms with Crippen LogP contribution in [0.3, 0.4) is 0 Å². The monoisotopic (exact) mass is 285 g/mol. The molecule has 0 aromatic heterocycles. The van der Waals surface area contributed by atoms with E-state index in [9.17, 15) is 9.59 Å². The predicted octanol–water partition coefficient (Wildman–Crippen LogP) is 3.75. The molecule has 3 rings (SSSR count). The Morgan fingerprint density at radius 1 is 1.10 bits per heavy atom. The summed E-state index contributed by atoms with van der Waals surface area (Å²) in [6.07, 6.45) is 3.42. The fraction of sp³-hybridized carbons (Fsp3) is 0.556. The molecule has 1 aliphatic heterocycles. The Morgan fingerprint density at radius 3 is 2.19 bits per heavy atom. The highest BCUT2D eigenvalue weighted by molar-refractivity contribution is 6.21. The number of hydrogen-bond acceptors (Lipinski definition) is 2. The Hall–Kier alpha value is -1.64. The molecule has 2 atom stereocenters. The SMILES string of the molecule is CC1CC(CN2C(=O)c3ccccc3C2=O)CC(C)(C)C1. The lowest BCUT2D eigenvalue weighted by Gasteiger charge is -2.40. The highest BCUT2D eigenvalue weighted by Crippen LogP contribution is 2.42. The Labute approximate surface area is 126 Å². The molecule has 0 bridgehead atoms. The van der Waals surface area contributed by atoms with E-state index in [4.69, 9.17) is 0 Å². The van der Waals surface area contributed by atoms with Crippen LogP contribution in [0, 0.1) is 17.3 Å². The van der Waals surface area contributed by atoms with Gasteiger partial charge in [-0.2, -0.15) is 0 Å². The van der Waals surface area contributed by atoms with E-state index in [1.54, 1.807) is 12.1 Å². The van der Waals surface area contributed by atoms with Crippen LogP contribution in [0.1, 0.15) is 60.7 Å². The minimum Gasteiger partial charge on any atom is -0.274 e. The van der Waals surface area contributed by atoms with Crippen molar-refractivity contribution in [1.29, 1.82) is 0 Å². The van der Waals surface area contributed by atoms with Crippen molar-refractivity contribution in [3.63, 3.8) is 0 Å². The number of fused-ring (bicyclic) bond motifs is 1. The first-order chi connectivity index (χ1) is 9.87. The van der Waals surface area contributed by atoms with Crippen LogP contribution in [0.15, 0.2) is 24.3 Å². The average molecular weight is 285 g/mol. The van der Waals surface area contributed by atoms with E-state index >= 15 is 0 Å². The van der Waals surface area contributed by atoms with Crippen molar-refractivity contribution in [3.05, 3.63) is 35.4 Å². The van der Waals surface area contributed by atoms with Crippen LogP contribution in [0.5, 0.6) is 0 Å². The minimum atomic E-state index is -0.119. The summed E-state index contributed by atoms with van der Waals surface area (Å²) >= 11 is 0. The van der Waals surface area contributed by atoms with Gasteiger partial charge in [0.15, 0.2) is 0 Å². The molecular formula is C18H23NO2. The number of nitrogens with zero attached hydrogens (tertiary/aromatic N) is 1. The van der Waals surface area contributed by atoms with Gasteiger partial charge in [-0.15, -0.1) is 0 Å². The zero-order valence-electron chi connectivity index (χ0n) is 13.1. The molecule has 3 nitrogen and oxygen atoms in total. The van der Waals surface area contributed by atoms with Crippen LogP contribution in [0.4, 0.5) is 0 Å². The second kappa shape index (κ2) is 4.97.